The summed E-state index contributed by atoms with van der Waals surface area (Å²) in [6.07, 6.45) is 0. The van der Waals surface area contributed by atoms with E-state index < -0.39 is 16.0 Å². The number of ether oxygens (including phenoxy) is 1. The number of hydrogen-bond acceptors (Lipinski definition) is 7. The van der Waals surface area contributed by atoms with Gasteiger partial charge in [-0.05, 0) is 30.3 Å². The summed E-state index contributed by atoms with van der Waals surface area (Å²) in [5.41, 5.74) is 0.617. The van der Waals surface area contributed by atoms with E-state index in [2.05, 4.69) is 10.2 Å². The third-order valence-corrected chi connectivity index (χ3v) is 5.52. The quantitative estimate of drug-likeness (QED) is 0.599. The number of aromatic nitrogens is 2. The van der Waals surface area contributed by atoms with Gasteiger partial charge in [-0.25, -0.2) is 13.2 Å². The minimum atomic E-state index is -3.83. The van der Waals surface area contributed by atoms with Gasteiger partial charge in [-0.1, -0.05) is 24.3 Å². The summed E-state index contributed by atoms with van der Waals surface area (Å²) in [6, 6.07) is 14.3. The topological polar surface area (TPSA) is 103 Å². The standard InChI is InChI=1S/C18H17N3O5S/c1-13-19-20-17(26-13)12-25-18(22)14-7-6-10-16(11-14)27(23,24)21(2)15-8-4-3-5-9-15/h3-11H,12H2,1-2H3. The molecular formula is C18H17N3O5S. The molecule has 0 bridgehead atoms. The summed E-state index contributed by atoms with van der Waals surface area (Å²) >= 11 is 0. The van der Waals surface area contributed by atoms with Crippen LogP contribution in [0.1, 0.15) is 22.1 Å². The predicted molar refractivity (Wildman–Crippen MR) is 96.6 cm³/mol. The molecule has 8 nitrogen and oxygen atoms in total. The molecule has 2 aromatic carbocycles. The summed E-state index contributed by atoms with van der Waals surface area (Å²) in [5, 5.41) is 7.37. The smallest absolute Gasteiger partial charge is 0.338 e. The highest BCUT2D eigenvalue weighted by molar-refractivity contribution is 7.92. The van der Waals surface area contributed by atoms with Crippen molar-refractivity contribution in [2.75, 3.05) is 11.4 Å². The van der Waals surface area contributed by atoms with Gasteiger partial charge in [0.25, 0.3) is 15.9 Å². The lowest BCUT2D eigenvalue weighted by molar-refractivity contribution is 0.0436. The van der Waals surface area contributed by atoms with Crippen LogP contribution in [-0.4, -0.2) is 31.6 Å². The number of rotatable bonds is 6. The number of aryl methyl sites for hydroxylation is 1. The highest BCUT2D eigenvalue weighted by atomic mass is 32.2. The maximum atomic E-state index is 12.8. The molecule has 1 heterocycles. The van der Waals surface area contributed by atoms with Gasteiger partial charge in [-0.3, -0.25) is 4.31 Å². The van der Waals surface area contributed by atoms with Crippen molar-refractivity contribution >= 4 is 21.7 Å². The largest absolute Gasteiger partial charge is 0.452 e. The van der Waals surface area contributed by atoms with Gasteiger partial charge in [0.2, 0.25) is 5.89 Å². The molecule has 0 saturated heterocycles. The van der Waals surface area contributed by atoms with Crippen LogP contribution in [0.2, 0.25) is 0 Å². The Morgan fingerprint density at radius 2 is 1.85 bits per heavy atom. The Bertz CT molecular complexity index is 1050. The first-order valence-corrected chi connectivity index (χ1v) is 9.42. The second kappa shape index (κ2) is 7.58. The van der Waals surface area contributed by atoms with Crippen LogP contribution in [0.15, 0.2) is 63.9 Å². The van der Waals surface area contributed by atoms with Crippen LogP contribution in [0.25, 0.3) is 0 Å². The Kier molecular flexibility index (Phi) is 5.22. The minimum Gasteiger partial charge on any atom is -0.452 e. The Balaban J connectivity index is 1.79. The van der Waals surface area contributed by atoms with Crippen LogP contribution in [0.3, 0.4) is 0 Å². The fourth-order valence-electron chi connectivity index (χ4n) is 2.32. The van der Waals surface area contributed by atoms with E-state index in [0.29, 0.717) is 11.6 Å². The molecule has 0 radical (unpaired) electrons. The Morgan fingerprint density at radius 1 is 1.11 bits per heavy atom. The lowest BCUT2D eigenvalue weighted by atomic mass is 10.2. The van der Waals surface area contributed by atoms with E-state index in [0.717, 1.165) is 4.31 Å². The molecule has 0 aliphatic heterocycles. The number of nitrogens with zero attached hydrogens (tertiary/aromatic N) is 3. The van der Waals surface area contributed by atoms with Gasteiger partial charge in [0.05, 0.1) is 16.1 Å². The molecule has 3 rings (SSSR count). The lowest BCUT2D eigenvalue weighted by Crippen LogP contribution is -2.26. The van der Waals surface area contributed by atoms with Gasteiger partial charge in [-0.2, -0.15) is 0 Å². The number of sulfonamides is 1. The Morgan fingerprint density at radius 3 is 2.52 bits per heavy atom. The fourth-order valence-corrected chi connectivity index (χ4v) is 3.57. The van der Waals surface area contributed by atoms with Crippen LogP contribution in [0.5, 0.6) is 0 Å². The average Bonchev–Trinajstić information content (AvgIpc) is 3.11. The zero-order chi connectivity index (χ0) is 19.4. The van der Waals surface area contributed by atoms with Gasteiger partial charge in [0.15, 0.2) is 6.61 Å². The van der Waals surface area contributed by atoms with E-state index in [1.807, 2.05) is 0 Å². The van der Waals surface area contributed by atoms with Crippen LogP contribution in [-0.2, 0) is 21.4 Å². The number of carbonyl (C=O) groups excluding carboxylic acids is 1. The molecule has 0 N–H and O–H groups in total. The van der Waals surface area contributed by atoms with E-state index >= 15 is 0 Å². The van der Waals surface area contributed by atoms with Crippen LogP contribution in [0, 0.1) is 6.92 Å². The fraction of sp³-hybridized carbons (Fsp3) is 0.167. The SMILES string of the molecule is Cc1nnc(COC(=O)c2cccc(S(=O)(=O)N(C)c3ccccc3)c2)o1. The number of esters is 1. The normalized spacial score (nSPS) is 11.2. The molecule has 3 aromatic rings. The Labute approximate surface area is 156 Å². The van der Waals surface area contributed by atoms with Gasteiger partial charge in [0.1, 0.15) is 0 Å². The molecule has 0 aliphatic rings. The van der Waals surface area contributed by atoms with Gasteiger partial charge < -0.3 is 9.15 Å². The number of para-hydroxylation sites is 1. The maximum Gasteiger partial charge on any atom is 0.338 e. The van der Waals surface area contributed by atoms with Gasteiger partial charge >= 0.3 is 5.97 Å². The van der Waals surface area contributed by atoms with Crippen LogP contribution in [0.4, 0.5) is 5.69 Å². The molecule has 9 heteroatoms. The molecule has 0 amide bonds. The zero-order valence-corrected chi connectivity index (χ0v) is 15.5. The zero-order valence-electron chi connectivity index (χ0n) is 14.7. The van der Waals surface area contributed by atoms with E-state index in [9.17, 15) is 13.2 Å². The third kappa shape index (κ3) is 4.14. The van der Waals surface area contributed by atoms with Crippen molar-refractivity contribution in [3.05, 3.63) is 71.9 Å². The molecule has 0 fully saturated rings. The summed E-state index contributed by atoms with van der Waals surface area (Å²) in [5.74, 6) is -0.170. The first-order valence-electron chi connectivity index (χ1n) is 7.98. The number of carbonyl (C=O) groups is 1. The van der Waals surface area contributed by atoms with E-state index in [1.165, 1.54) is 31.3 Å². The monoisotopic (exact) mass is 387 g/mol. The molecular weight excluding hydrogens is 370 g/mol. The van der Waals surface area contributed by atoms with Crippen molar-refractivity contribution in [1.29, 1.82) is 0 Å². The first kappa shape index (κ1) is 18.6. The highest BCUT2D eigenvalue weighted by Crippen LogP contribution is 2.22. The van der Waals surface area contributed by atoms with Crippen molar-refractivity contribution in [1.82, 2.24) is 10.2 Å². The Hall–Kier alpha value is -3.20. The second-order valence-corrected chi connectivity index (χ2v) is 7.60. The number of anilines is 1. The summed E-state index contributed by atoms with van der Waals surface area (Å²) in [7, 11) is -2.38. The number of hydrogen-bond donors (Lipinski definition) is 0. The molecule has 27 heavy (non-hydrogen) atoms. The number of benzene rings is 2. The van der Waals surface area contributed by atoms with E-state index in [4.69, 9.17) is 9.15 Å². The molecule has 0 aliphatic carbocycles. The van der Waals surface area contributed by atoms with Crippen molar-refractivity contribution in [2.24, 2.45) is 0 Å². The van der Waals surface area contributed by atoms with Gasteiger partial charge in [0, 0.05) is 14.0 Å². The summed E-state index contributed by atoms with van der Waals surface area (Å²) < 4.78 is 37.0. The van der Waals surface area contributed by atoms with Crippen molar-refractivity contribution in [3.63, 3.8) is 0 Å². The average molecular weight is 387 g/mol. The maximum absolute atomic E-state index is 12.8. The van der Waals surface area contributed by atoms with E-state index in [-0.39, 0.29) is 23.0 Å². The second-order valence-electron chi connectivity index (χ2n) is 5.63. The lowest BCUT2D eigenvalue weighted by Gasteiger charge is -2.19. The highest BCUT2D eigenvalue weighted by Gasteiger charge is 2.22. The minimum absolute atomic E-state index is 0.0167. The third-order valence-electron chi connectivity index (χ3n) is 3.74. The molecule has 0 spiro atoms. The molecule has 0 unspecified atom stereocenters. The van der Waals surface area contributed by atoms with Crippen LogP contribution >= 0.6 is 0 Å². The van der Waals surface area contributed by atoms with Crippen molar-refractivity contribution in [3.8, 4) is 0 Å². The van der Waals surface area contributed by atoms with Gasteiger partial charge in [-0.15, -0.1) is 10.2 Å². The summed E-state index contributed by atoms with van der Waals surface area (Å²) in [6.45, 7) is 1.43. The predicted octanol–water partition coefficient (Wildman–Crippen LogP) is 2.56. The van der Waals surface area contributed by atoms with Crippen molar-refractivity contribution in [2.45, 2.75) is 18.4 Å². The molecule has 0 atom stereocenters. The van der Waals surface area contributed by atoms with Crippen LogP contribution < -0.4 is 4.31 Å². The molecule has 0 saturated carbocycles. The van der Waals surface area contributed by atoms with Crippen molar-refractivity contribution < 1.29 is 22.4 Å². The summed E-state index contributed by atoms with van der Waals surface area (Å²) in [4.78, 5) is 12.2. The first-order chi connectivity index (χ1) is 12.9. The molecule has 140 valence electrons. The molecule has 1 aromatic heterocycles. The van der Waals surface area contributed by atoms with E-state index in [1.54, 1.807) is 37.3 Å².